The molecule has 0 bridgehead atoms. The first kappa shape index (κ1) is 10.1. The fourth-order valence-corrected chi connectivity index (χ4v) is 1.62. The zero-order chi connectivity index (χ0) is 10.8. The van der Waals surface area contributed by atoms with Crippen LogP contribution in [0.3, 0.4) is 0 Å². The number of rotatable bonds is 2. The van der Waals surface area contributed by atoms with Crippen LogP contribution in [0.15, 0.2) is 24.4 Å². The molecule has 6 heteroatoms. The molecular formula is C9H6F2N2OS. The topological polar surface area (TPSA) is 46.0 Å². The van der Waals surface area contributed by atoms with Crippen LogP contribution in [0.4, 0.5) is 8.78 Å². The van der Waals surface area contributed by atoms with Gasteiger partial charge in [-0.3, -0.25) is 0 Å². The van der Waals surface area contributed by atoms with E-state index in [2.05, 4.69) is 8.75 Å². The molecule has 78 valence electrons. The van der Waals surface area contributed by atoms with Gasteiger partial charge in [0.1, 0.15) is 23.4 Å². The molecule has 1 aromatic carbocycles. The molecule has 0 aliphatic rings. The van der Waals surface area contributed by atoms with E-state index in [4.69, 9.17) is 0 Å². The summed E-state index contributed by atoms with van der Waals surface area (Å²) in [6.45, 7) is 0. The number of aliphatic hydroxyl groups is 1. The zero-order valence-electron chi connectivity index (χ0n) is 7.39. The van der Waals surface area contributed by atoms with Crippen molar-refractivity contribution in [3.8, 4) is 0 Å². The number of nitrogens with zero attached hydrogens (tertiary/aromatic N) is 2. The summed E-state index contributed by atoms with van der Waals surface area (Å²) in [4.78, 5) is 0. The second-order valence-electron chi connectivity index (χ2n) is 2.90. The van der Waals surface area contributed by atoms with E-state index in [0.717, 1.165) is 23.9 Å². The van der Waals surface area contributed by atoms with E-state index in [1.54, 1.807) is 0 Å². The smallest absolute Gasteiger partial charge is 0.132 e. The quantitative estimate of drug-likeness (QED) is 0.853. The number of aromatic nitrogens is 2. The van der Waals surface area contributed by atoms with E-state index >= 15 is 0 Å². The molecule has 0 spiro atoms. The summed E-state index contributed by atoms with van der Waals surface area (Å²) >= 11 is 0.915. The second kappa shape index (κ2) is 4.00. The van der Waals surface area contributed by atoms with Gasteiger partial charge in [0.15, 0.2) is 0 Å². The Morgan fingerprint density at radius 1 is 1.33 bits per heavy atom. The van der Waals surface area contributed by atoms with Gasteiger partial charge in [0.25, 0.3) is 0 Å². The van der Waals surface area contributed by atoms with Crippen molar-refractivity contribution in [3.63, 3.8) is 0 Å². The third-order valence-electron chi connectivity index (χ3n) is 1.92. The Kier molecular flexibility index (Phi) is 2.70. The fraction of sp³-hybridized carbons (Fsp3) is 0.111. The SMILES string of the molecule is OC(c1cnsn1)c1ccc(F)cc1F. The summed E-state index contributed by atoms with van der Waals surface area (Å²) in [5.74, 6) is -1.48. The largest absolute Gasteiger partial charge is 0.382 e. The van der Waals surface area contributed by atoms with E-state index < -0.39 is 17.7 Å². The molecule has 15 heavy (non-hydrogen) atoms. The Balaban J connectivity index is 2.38. The molecule has 1 unspecified atom stereocenters. The lowest BCUT2D eigenvalue weighted by Crippen LogP contribution is -2.03. The first-order valence-corrected chi connectivity index (χ1v) is 4.82. The summed E-state index contributed by atoms with van der Waals surface area (Å²) < 4.78 is 33.3. The molecule has 2 aromatic rings. The molecule has 0 saturated carbocycles. The molecule has 1 heterocycles. The average molecular weight is 228 g/mol. The van der Waals surface area contributed by atoms with Gasteiger partial charge in [0.05, 0.1) is 17.9 Å². The van der Waals surface area contributed by atoms with Crippen LogP contribution in [-0.4, -0.2) is 13.9 Å². The maximum Gasteiger partial charge on any atom is 0.132 e. The van der Waals surface area contributed by atoms with Crippen molar-refractivity contribution in [2.24, 2.45) is 0 Å². The second-order valence-corrected chi connectivity index (χ2v) is 3.46. The van der Waals surface area contributed by atoms with Gasteiger partial charge < -0.3 is 5.11 Å². The Morgan fingerprint density at radius 3 is 2.73 bits per heavy atom. The van der Waals surface area contributed by atoms with Crippen molar-refractivity contribution in [2.75, 3.05) is 0 Å². The van der Waals surface area contributed by atoms with Crippen LogP contribution in [-0.2, 0) is 0 Å². The van der Waals surface area contributed by atoms with E-state index in [-0.39, 0.29) is 11.3 Å². The maximum atomic E-state index is 13.2. The number of hydrogen-bond acceptors (Lipinski definition) is 4. The monoisotopic (exact) mass is 228 g/mol. The van der Waals surface area contributed by atoms with Gasteiger partial charge in [-0.1, -0.05) is 6.07 Å². The summed E-state index contributed by atoms with van der Waals surface area (Å²) in [5, 5.41) is 9.69. The molecule has 0 amide bonds. The highest BCUT2D eigenvalue weighted by molar-refractivity contribution is 6.99. The fourth-order valence-electron chi connectivity index (χ4n) is 1.17. The number of halogens is 2. The van der Waals surface area contributed by atoms with E-state index in [1.165, 1.54) is 12.3 Å². The molecule has 1 N–H and O–H groups in total. The summed E-state index contributed by atoms with van der Waals surface area (Å²) in [7, 11) is 0. The first-order chi connectivity index (χ1) is 7.18. The van der Waals surface area contributed by atoms with E-state index in [9.17, 15) is 13.9 Å². The lowest BCUT2D eigenvalue weighted by molar-refractivity contribution is 0.211. The average Bonchev–Trinajstić information content (AvgIpc) is 2.69. The normalized spacial score (nSPS) is 12.7. The van der Waals surface area contributed by atoms with Gasteiger partial charge in [0, 0.05) is 11.6 Å². The molecule has 0 aliphatic carbocycles. The molecule has 2 rings (SSSR count). The number of hydrogen-bond donors (Lipinski definition) is 1. The molecule has 1 aromatic heterocycles. The Hall–Kier alpha value is -1.40. The summed E-state index contributed by atoms with van der Waals surface area (Å²) in [6, 6.07) is 2.99. The van der Waals surface area contributed by atoms with Gasteiger partial charge in [-0.15, -0.1) is 0 Å². The van der Waals surface area contributed by atoms with Crippen molar-refractivity contribution in [1.82, 2.24) is 8.75 Å². The van der Waals surface area contributed by atoms with Gasteiger partial charge in [-0.05, 0) is 6.07 Å². The molecular weight excluding hydrogens is 222 g/mol. The van der Waals surface area contributed by atoms with Crippen LogP contribution < -0.4 is 0 Å². The van der Waals surface area contributed by atoms with Crippen molar-refractivity contribution in [3.05, 3.63) is 47.3 Å². The van der Waals surface area contributed by atoms with E-state index in [0.29, 0.717) is 0 Å². The minimum atomic E-state index is -1.20. The van der Waals surface area contributed by atoms with Crippen molar-refractivity contribution < 1.29 is 13.9 Å². The van der Waals surface area contributed by atoms with Crippen LogP contribution >= 0.6 is 11.7 Å². The molecule has 0 saturated heterocycles. The molecule has 1 atom stereocenters. The predicted octanol–water partition coefficient (Wildman–Crippen LogP) is 1.90. The number of benzene rings is 1. The molecule has 0 fully saturated rings. The third-order valence-corrected chi connectivity index (χ3v) is 2.41. The van der Waals surface area contributed by atoms with Crippen molar-refractivity contribution in [1.29, 1.82) is 0 Å². The number of aliphatic hydroxyl groups excluding tert-OH is 1. The van der Waals surface area contributed by atoms with Gasteiger partial charge in [-0.2, -0.15) is 8.75 Å². The highest BCUT2D eigenvalue weighted by Crippen LogP contribution is 2.23. The van der Waals surface area contributed by atoms with Crippen LogP contribution in [0.5, 0.6) is 0 Å². The highest BCUT2D eigenvalue weighted by Gasteiger charge is 2.17. The molecule has 0 aliphatic heterocycles. The summed E-state index contributed by atoms with van der Waals surface area (Å²) in [6.07, 6.45) is 0.141. The minimum Gasteiger partial charge on any atom is -0.382 e. The third kappa shape index (κ3) is 2.00. The van der Waals surface area contributed by atoms with Gasteiger partial charge in [-0.25, -0.2) is 8.78 Å². The van der Waals surface area contributed by atoms with Gasteiger partial charge in [0.2, 0.25) is 0 Å². The van der Waals surface area contributed by atoms with Crippen LogP contribution in [0.25, 0.3) is 0 Å². The van der Waals surface area contributed by atoms with Crippen molar-refractivity contribution >= 4 is 11.7 Å². The lowest BCUT2D eigenvalue weighted by atomic mass is 10.1. The maximum absolute atomic E-state index is 13.2. The van der Waals surface area contributed by atoms with E-state index in [1.807, 2.05) is 0 Å². The highest BCUT2D eigenvalue weighted by atomic mass is 32.1. The zero-order valence-corrected chi connectivity index (χ0v) is 8.21. The summed E-state index contributed by atoms with van der Waals surface area (Å²) in [5.41, 5.74) is 0.245. The standard InChI is InChI=1S/C9H6F2N2OS/c10-5-1-2-6(7(11)3-5)9(14)8-4-12-15-13-8/h1-4,9,14H. The van der Waals surface area contributed by atoms with Crippen LogP contribution in [0, 0.1) is 11.6 Å². The lowest BCUT2D eigenvalue weighted by Gasteiger charge is -2.08. The minimum absolute atomic E-state index is 0.0101. The van der Waals surface area contributed by atoms with Crippen LogP contribution in [0.2, 0.25) is 0 Å². The molecule has 3 nitrogen and oxygen atoms in total. The van der Waals surface area contributed by atoms with Crippen LogP contribution in [0.1, 0.15) is 17.4 Å². The predicted molar refractivity (Wildman–Crippen MR) is 50.3 cm³/mol. The van der Waals surface area contributed by atoms with Gasteiger partial charge >= 0.3 is 0 Å². The molecule has 0 radical (unpaired) electrons. The van der Waals surface area contributed by atoms with Crippen molar-refractivity contribution in [2.45, 2.75) is 6.10 Å². The Labute approximate surface area is 88.3 Å². The Bertz CT molecular complexity index is 461. The Morgan fingerprint density at radius 2 is 2.13 bits per heavy atom. The first-order valence-electron chi connectivity index (χ1n) is 4.09.